The van der Waals surface area contributed by atoms with Crippen molar-refractivity contribution in [1.82, 2.24) is 10.2 Å². The molecule has 1 aliphatic rings. The number of nitrogens with one attached hydrogen (secondary N) is 1. The predicted molar refractivity (Wildman–Crippen MR) is 81.9 cm³/mol. The van der Waals surface area contributed by atoms with Gasteiger partial charge in [-0.25, -0.2) is 4.39 Å². The van der Waals surface area contributed by atoms with E-state index >= 15 is 0 Å². The van der Waals surface area contributed by atoms with Crippen LogP contribution in [-0.4, -0.2) is 42.8 Å². The van der Waals surface area contributed by atoms with Crippen molar-refractivity contribution in [2.45, 2.75) is 25.8 Å². The maximum absolute atomic E-state index is 14.1. The number of piperazine rings is 1. The maximum atomic E-state index is 14.1. The molecule has 1 aliphatic heterocycles. The molecule has 0 radical (unpaired) electrons. The molecule has 0 aromatic heterocycles. The zero-order valence-corrected chi connectivity index (χ0v) is 12.8. The van der Waals surface area contributed by atoms with Crippen LogP contribution in [-0.2, 0) is 0 Å². The van der Waals surface area contributed by atoms with E-state index in [-0.39, 0.29) is 30.9 Å². The molecule has 0 unspecified atom stereocenters. The second kappa shape index (κ2) is 8.57. The Kier molecular flexibility index (Phi) is 7.45. The summed E-state index contributed by atoms with van der Waals surface area (Å²) in [6.07, 6.45) is 1.51. The number of halogens is 2. The van der Waals surface area contributed by atoms with Gasteiger partial charge in [0.05, 0.1) is 0 Å². The van der Waals surface area contributed by atoms with E-state index in [1.165, 1.54) is 0 Å². The lowest BCUT2D eigenvalue weighted by molar-refractivity contribution is 0.151. The third-order valence-corrected chi connectivity index (χ3v) is 3.74. The fraction of sp³-hybridized carbons (Fsp3) is 0.600. The number of hydrogen-bond acceptors (Lipinski definition) is 3. The molecule has 2 rings (SSSR count). The molecule has 0 saturated carbocycles. The average molecular weight is 303 g/mol. The Hall–Kier alpha value is -0.680. The molecule has 1 fully saturated rings. The summed E-state index contributed by atoms with van der Waals surface area (Å²) < 4.78 is 14.1. The first-order valence-electron chi connectivity index (χ1n) is 7.04. The summed E-state index contributed by atoms with van der Waals surface area (Å²) in [7, 11) is 0. The third-order valence-electron chi connectivity index (χ3n) is 3.74. The van der Waals surface area contributed by atoms with Crippen LogP contribution >= 0.6 is 12.4 Å². The maximum Gasteiger partial charge on any atom is 0.128 e. The summed E-state index contributed by atoms with van der Waals surface area (Å²) in [6, 6.07) is 5.38. The van der Waals surface area contributed by atoms with Gasteiger partial charge in [0.25, 0.3) is 0 Å². The first-order chi connectivity index (χ1) is 9.22. The van der Waals surface area contributed by atoms with E-state index in [1.54, 1.807) is 12.1 Å². The normalized spacial score (nSPS) is 17.6. The minimum absolute atomic E-state index is 0. The summed E-state index contributed by atoms with van der Waals surface area (Å²) in [5.41, 5.74) is 1.86. The van der Waals surface area contributed by atoms with Crippen LogP contribution in [0.4, 0.5) is 4.39 Å². The van der Waals surface area contributed by atoms with Crippen molar-refractivity contribution >= 4 is 12.4 Å². The van der Waals surface area contributed by atoms with Crippen molar-refractivity contribution in [1.29, 1.82) is 0 Å². The summed E-state index contributed by atoms with van der Waals surface area (Å²) in [6.45, 7) is 5.92. The Morgan fingerprint density at radius 3 is 2.70 bits per heavy atom. The van der Waals surface area contributed by atoms with Crippen molar-refractivity contribution in [3.05, 3.63) is 35.1 Å². The van der Waals surface area contributed by atoms with Gasteiger partial charge in [0.15, 0.2) is 0 Å². The number of aliphatic hydroxyl groups excluding tert-OH is 1. The second-order valence-corrected chi connectivity index (χ2v) is 5.19. The highest BCUT2D eigenvalue weighted by Gasteiger charge is 2.24. The Bertz CT molecular complexity index is 411. The highest BCUT2D eigenvalue weighted by Crippen LogP contribution is 2.28. The lowest BCUT2D eigenvalue weighted by atomic mass is 9.97. The van der Waals surface area contributed by atoms with Crippen molar-refractivity contribution in [2.24, 2.45) is 0 Å². The van der Waals surface area contributed by atoms with Gasteiger partial charge in [-0.3, -0.25) is 4.90 Å². The average Bonchev–Trinajstić information content (AvgIpc) is 2.44. The number of benzene rings is 1. The number of aryl methyl sites for hydroxylation is 1. The van der Waals surface area contributed by atoms with Crippen LogP contribution in [0.1, 0.15) is 30.0 Å². The minimum Gasteiger partial charge on any atom is -0.396 e. The van der Waals surface area contributed by atoms with E-state index in [9.17, 15) is 4.39 Å². The Balaban J connectivity index is 0.00000200. The molecule has 3 nitrogen and oxygen atoms in total. The number of hydrogen-bond donors (Lipinski definition) is 2. The first kappa shape index (κ1) is 17.4. The molecule has 20 heavy (non-hydrogen) atoms. The number of aliphatic hydroxyl groups is 1. The molecule has 1 aromatic carbocycles. The predicted octanol–water partition coefficient (Wildman–Crippen LogP) is 2.27. The summed E-state index contributed by atoms with van der Waals surface area (Å²) >= 11 is 0. The summed E-state index contributed by atoms with van der Waals surface area (Å²) in [5, 5.41) is 12.4. The third kappa shape index (κ3) is 4.42. The monoisotopic (exact) mass is 302 g/mol. The van der Waals surface area contributed by atoms with Gasteiger partial charge in [0, 0.05) is 44.4 Å². The lowest BCUT2D eigenvalue weighted by Crippen LogP contribution is -2.45. The zero-order chi connectivity index (χ0) is 13.7. The molecule has 0 amide bonds. The van der Waals surface area contributed by atoms with Crippen LogP contribution in [0, 0.1) is 12.7 Å². The quantitative estimate of drug-likeness (QED) is 0.876. The molecule has 0 spiro atoms. The summed E-state index contributed by atoms with van der Waals surface area (Å²) in [5.74, 6) is -0.132. The van der Waals surface area contributed by atoms with Crippen LogP contribution in [0.15, 0.2) is 18.2 Å². The largest absolute Gasteiger partial charge is 0.396 e. The van der Waals surface area contributed by atoms with Crippen LogP contribution in [0.5, 0.6) is 0 Å². The Morgan fingerprint density at radius 1 is 1.35 bits per heavy atom. The van der Waals surface area contributed by atoms with Crippen molar-refractivity contribution in [2.75, 3.05) is 32.8 Å². The van der Waals surface area contributed by atoms with Gasteiger partial charge in [0.1, 0.15) is 5.82 Å². The second-order valence-electron chi connectivity index (χ2n) is 5.19. The van der Waals surface area contributed by atoms with E-state index in [2.05, 4.69) is 10.2 Å². The van der Waals surface area contributed by atoms with Gasteiger partial charge in [-0.2, -0.15) is 0 Å². The smallest absolute Gasteiger partial charge is 0.128 e. The Morgan fingerprint density at radius 2 is 2.05 bits per heavy atom. The van der Waals surface area contributed by atoms with Crippen LogP contribution in [0.25, 0.3) is 0 Å². The van der Waals surface area contributed by atoms with E-state index in [0.717, 1.165) is 43.7 Å². The molecule has 114 valence electrons. The van der Waals surface area contributed by atoms with Crippen LogP contribution < -0.4 is 5.32 Å². The summed E-state index contributed by atoms with van der Waals surface area (Å²) in [4.78, 5) is 2.32. The van der Waals surface area contributed by atoms with Gasteiger partial charge in [-0.1, -0.05) is 17.7 Å². The molecule has 1 saturated heterocycles. The van der Waals surface area contributed by atoms with Gasteiger partial charge in [0.2, 0.25) is 0 Å². The van der Waals surface area contributed by atoms with Gasteiger partial charge < -0.3 is 10.4 Å². The van der Waals surface area contributed by atoms with Gasteiger partial charge in [-0.05, 0) is 25.8 Å². The lowest BCUT2D eigenvalue weighted by Gasteiger charge is -2.35. The molecule has 0 aliphatic carbocycles. The Labute approximate surface area is 126 Å². The zero-order valence-electron chi connectivity index (χ0n) is 11.9. The minimum atomic E-state index is -0.132. The highest BCUT2D eigenvalue weighted by atomic mass is 35.5. The fourth-order valence-electron chi connectivity index (χ4n) is 2.73. The molecule has 2 N–H and O–H groups in total. The standard InChI is InChI=1S/C15H23FN2O.ClH/c1-12-4-5-14(16)13(11-12)15(3-2-10-19)18-8-6-17-7-9-18;/h4-5,11,15,17,19H,2-3,6-10H2,1H3;1H/t15-;/m1./s1. The topological polar surface area (TPSA) is 35.5 Å². The van der Waals surface area contributed by atoms with Crippen molar-refractivity contribution in [3.63, 3.8) is 0 Å². The number of nitrogens with zero attached hydrogens (tertiary/aromatic N) is 1. The van der Waals surface area contributed by atoms with Crippen LogP contribution in [0.3, 0.4) is 0 Å². The highest BCUT2D eigenvalue weighted by molar-refractivity contribution is 5.85. The van der Waals surface area contributed by atoms with Crippen molar-refractivity contribution in [3.8, 4) is 0 Å². The van der Waals surface area contributed by atoms with E-state index in [0.29, 0.717) is 6.42 Å². The van der Waals surface area contributed by atoms with E-state index < -0.39 is 0 Å². The molecular weight excluding hydrogens is 279 g/mol. The molecule has 1 heterocycles. The SMILES string of the molecule is Cc1ccc(F)c([C@@H](CCCO)N2CCNCC2)c1.Cl. The van der Waals surface area contributed by atoms with Gasteiger partial charge in [-0.15, -0.1) is 12.4 Å². The fourth-order valence-corrected chi connectivity index (χ4v) is 2.73. The number of rotatable bonds is 5. The molecule has 1 atom stereocenters. The first-order valence-corrected chi connectivity index (χ1v) is 7.04. The van der Waals surface area contributed by atoms with Crippen LogP contribution in [0.2, 0.25) is 0 Å². The molecule has 5 heteroatoms. The van der Waals surface area contributed by atoms with E-state index in [1.807, 2.05) is 13.0 Å². The van der Waals surface area contributed by atoms with E-state index in [4.69, 9.17) is 5.11 Å². The molecule has 0 bridgehead atoms. The van der Waals surface area contributed by atoms with Crippen molar-refractivity contribution < 1.29 is 9.50 Å². The van der Waals surface area contributed by atoms with Gasteiger partial charge >= 0.3 is 0 Å². The molecular formula is C15H24ClFN2O. The molecule has 1 aromatic rings.